The van der Waals surface area contributed by atoms with Crippen molar-refractivity contribution in [2.45, 2.75) is 6.92 Å². The van der Waals surface area contributed by atoms with Gasteiger partial charge in [-0.2, -0.15) is 0 Å². The van der Waals surface area contributed by atoms with E-state index >= 15 is 0 Å². The summed E-state index contributed by atoms with van der Waals surface area (Å²) in [6.07, 6.45) is 3.17. The molecule has 2 rings (SSSR count). The van der Waals surface area contributed by atoms with E-state index in [4.69, 9.17) is 4.74 Å². The van der Waals surface area contributed by atoms with E-state index in [0.29, 0.717) is 18.1 Å². The third-order valence-electron chi connectivity index (χ3n) is 2.03. The summed E-state index contributed by atoms with van der Waals surface area (Å²) in [5, 5.41) is 0. The Kier molecular flexibility index (Phi) is 3.40. The first-order chi connectivity index (χ1) is 8.31. The number of hydrogen-bond donors (Lipinski definition) is 0. The monoisotopic (exact) mass is 229 g/mol. The minimum atomic E-state index is -0.452. The Morgan fingerprint density at radius 1 is 1.24 bits per heavy atom. The zero-order chi connectivity index (χ0) is 12.1. The Labute approximate surface area is 98.5 Å². The number of pyridine rings is 1. The largest absolute Gasteiger partial charge is 0.461 e. The average Bonchev–Trinajstić information content (AvgIpc) is 2.40. The van der Waals surface area contributed by atoms with Crippen molar-refractivity contribution in [3.8, 4) is 11.5 Å². The molecule has 0 aliphatic carbocycles. The van der Waals surface area contributed by atoms with E-state index in [0.717, 1.165) is 0 Å². The van der Waals surface area contributed by atoms with Crippen LogP contribution < -0.4 is 0 Å². The molecule has 0 saturated carbocycles. The minimum Gasteiger partial charge on any atom is -0.461 e. The molecule has 0 spiro atoms. The molecule has 0 bridgehead atoms. The molecule has 0 aliphatic rings. The second-order valence-electron chi connectivity index (χ2n) is 3.20. The zero-order valence-electron chi connectivity index (χ0n) is 9.33. The summed E-state index contributed by atoms with van der Waals surface area (Å²) in [5.41, 5.74) is 0.862. The molecule has 0 unspecified atom stereocenters. The van der Waals surface area contributed by atoms with E-state index in [1.54, 1.807) is 25.3 Å². The van der Waals surface area contributed by atoms with Gasteiger partial charge in [-0.1, -0.05) is 6.07 Å². The number of nitrogens with zero attached hydrogens (tertiary/aromatic N) is 3. The number of aromatic nitrogens is 3. The van der Waals surface area contributed by atoms with E-state index in [9.17, 15) is 4.79 Å². The van der Waals surface area contributed by atoms with Crippen LogP contribution in [0.15, 0.2) is 36.7 Å². The molecule has 0 saturated heterocycles. The maximum atomic E-state index is 11.5. The number of rotatable bonds is 3. The molecule has 0 amide bonds. The average molecular weight is 229 g/mol. The first-order valence-corrected chi connectivity index (χ1v) is 5.23. The topological polar surface area (TPSA) is 65.0 Å². The summed E-state index contributed by atoms with van der Waals surface area (Å²) in [6, 6.07) is 6.94. The summed E-state index contributed by atoms with van der Waals surface area (Å²) in [7, 11) is 0. The van der Waals surface area contributed by atoms with Crippen molar-refractivity contribution in [3.05, 3.63) is 42.4 Å². The molecule has 0 N–H and O–H groups in total. The highest BCUT2D eigenvalue weighted by Gasteiger charge is 2.10. The predicted molar refractivity (Wildman–Crippen MR) is 61.2 cm³/mol. The van der Waals surface area contributed by atoms with E-state index in [1.165, 1.54) is 12.3 Å². The molecular formula is C12H11N3O2. The van der Waals surface area contributed by atoms with E-state index in [-0.39, 0.29) is 5.69 Å². The van der Waals surface area contributed by atoms with Gasteiger partial charge in [0.15, 0.2) is 11.5 Å². The molecule has 17 heavy (non-hydrogen) atoms. The van der Waals surface area contributed by atoms with Gasteiger partial charge in [0.25, 0.3) is 0 Å². The van der Waals surface area contributed by atoms with Gasteiger partial charge in [-0.15, -0.1) is 0 Å². The lowest BCUT2D eigenvalue weighted by Crippen LogP contribution is -2.08. The fraction of sp³-hybridized carbons (Fsp3) is 0.167. The summed E-state index contributed by atoms with van der Waals surface area (Å²) < 4.78 is 4.87. The zero-order valence-corrected chi connectivity index (χ0v) is 9.33. The lowest BCUT2D eigenvalue weighted by molar-refractivity contribution is 0.0519. The van der Waals surface area contributed by atoms with Crippen LogP contribution in [0, 0.1) is 0 Å². The number of carbonyl (C=O) groups excluding carboxylic acids is 1. The van der Waals surface area contributed by atoms with Gasteiger partial charge in [-0.3, -0.25) is 4.98 Å². The predicted octanol–water partition coefficient (Wildman–Crippen LogP) is 1.72. The van der Waals surface area contributed by atoms with Crippen molar-refractivity contribution in [3.63, 3.8) is 0 Å². The van der Waals surface area contributed by atoms with Gasteiger partial charge in [0, 0.05) is 12.4 Å². The molecule has 2 aromatic heterocycles. The number of hydrogen-bond acceptors (Lipinski definition) is 5. The Balaban J connectivity index is 2.32. The van der Waals surface area contributed by atoms with Crippen molar-refractivity contribution in [2.75, 3.05) is 6.61 Å². The quantitative estimate of drug-likeness (QED) is 0.750. The normalized spacial score (nSPS) is 9.94. The summed E-state index contributed by atoms with van der Waals surface area (Å²) >= 11 is 0. The molecule has 0 aromatic carbocycles. The van der Waals surface area contributed by atoms with E-state index < -0.39 is 5.97 Å². The van der Waals surface area contributed by atoms with Crippen LogP contribution in [-0.2, 0) is 4.74 Å². The minimum absolute atomic E-state index is 0.238. The molecule has 0 aliphatic heterocycles. The second kappa shape index (κ2) is 5.16. The Morgan fingerprint density at radius 3 is 2.82 bits per heavy atom. The molecule has 5 nitrogen and oxygen atoms in total. The third kappa shape index (κ3) is 2.63. The van der Waals surface area contributed by atoms with Crippen LogP contribution in [0.4, 0.5) is 0 Å². The first-order valence-electron chi connectivity index (χ1n) is 5.23. The SMILES string of the molecule is CCOC(=O)c1ccnc(-c2ccccn2)n1. The molecular weight excluding hydrogens is 218 g/mol. The lowest BCUT2D eigenvalue weighted by Gasteiger charge is -2.02. The van der Waals surface area contributed by atoms with Crippen LogP contribution in [0.1, 0.15) is 17.4 Å². The molecule has 0 fully saturated rings. The van der Waals surface area contributed by atoms with Gasteiger partial charge in [0.05, 0.1) is 6.61 Å². The standard InChI is InChI=1S/C12H11N3O2/c1-2-17-12(16)10-6-8-14-11(15-10)9-5-3-4-7-13-9/h3-8H,2H2,1H3. The molecule has 2 heterocycles. The van der Waals surface area contributed by atoms with Gasteiger partial charge in [-0.25, -0.2) is 14.8 Å². The lowest BCUT2D eigenvalue weighted by atomic mass is 10.3. The van der Waals surface area contributed by atoms with Gasteiger partial charge >= 0.3 is 5.97 Å². The molecule has 2 aromatic rings. The maximum Gasteiger partial charge on any atom is 0.357 e. The van der Waals surface area contributed by atoms with E-state index in [2.05, 4.69) is 15.0 Å². The van der Waals surface area contributed by atoms with Gasteiger partial charge in [-0.05, 0) is 25.1 Å². The van der Waals surface area contributed by atoms with Crippen LogP contribution in [0.2, 0.25) is 0 Å². The van der Waals surface area contributed by atoms with Gasteiger partial charge < -0.3 is 4.74 Å². The van der Waals surface area contributed by atoms with Crippen LogP contribution in [0.25, 0.3) is 11.5 Å². The molecule has 0 atom stereocenters. The van der Waals surface area contributed by atoms with Gasteiger partial charge in [0.2, 0.25) is 0 Å². The fourth-order valence-corrected chi connectivity index (χ4v) is 1.30. The highest BCUT2D eigenvalue weighted by Crippen LogP contribution is 2.10. The smallest absolute Gasteiger partial charge is 0.357 e. The van der Waals surface area contributed by atoms with Crippen molar-refractivity contribution in [1.82, 2.24) is 15.0 Å². The van der Waals surface area contributed by atoms with Crippen LogP contribution in [0.5, 0.6) is 0 Å². The van der Waals surface area contributed by atoms with Crippen LogP contribution >= 0.6 is 0 Å². The molecule has 0 radical (unpaired) electrons. The second-order valence-corrected chi connectivity index (χ2v) is 3.20. The summed E-state index contributed by atoms with van der Waals surface area (Å²) in [4.78, 5) is 23.8. The summed E-state index contributed by atoms with van der Waals surface area (Å²) in [6.45, 7) is 2.07. The number of carbonyl (C=O) groups is 1. The van der Waals surface area contributed by atoms with Crippen molar-refractivity contribution < 1.29 is 9.53 Å². The highest BCUT2D eigenvalue weighted by molar-refractivity contribution is 5.87. The summed E-state index contributed by atoms with van der Waals surface area (Å²) in [5.74, 6) is -0.0387. The van der Waals surface area contributed by atoms with Crippen LogP contribution in [-0.4, -0.2) is 27.5 Å². The van der Waals surface area contributed by atoms with Crippen molar-refractivity contribution >= 4 is 5.97 Å². The Hall–Kier alpha value is -2.30. The molecule has 86 valence electrons. The fourth-order valence-electron chi connectivity index (χ4n) is 1.30. The molecule has 5 heteroatoms. The Morgan fingerprint density at radius 2 is 2.12 bits per heavy atom. The Bertz CT molecular complexity index is 514. The number of esters is 1. The van der Waals surface area contributed by atoms with Crippen molar-refractivity contribution in [1.29, 1.82) is 0 Å². The first kappa shape index (κ1) is 11.2. The third-order valence-corrected chi connectivity index (χ3v) is 2.03. The van der Waals surface area contributed by atoms with Gasteiger partial charge in [0.1, 0.15) is 5.69 Å². The number of ether oxygens (including phenoxy) is 1. The van der Waals surface area contributed by atoms with Crippen molar-refractivity contribution in [2.24, 2.45) is 0 Å². The highest BCUT2D eigenvalue weighted by atomic mass is 16.5. The van der Waals surface area contributed by atoms with Crippen LogP contribution in [0.3, 0.4) is 0 Å². The maximum absolute atomic E-state index is 11.5. The van der Waals surface area contributed by atoms with E-state index in [1.807, 2.05) is 6.07 Å².